The quantitative estimate of drug-likeness (QED) is 0.554. The van der Waals surface area contributed by atoms with E-state index in [1.807, 2.05) is 0 Å². The van der Waals surface area contributed by atoms with E-state index in [-0.39, 0.29) is 11.0 Å². The zero-order valence-corrected chi connectivity index (χ0v) is 10.9. The Kier molecular flexibility index (Phi) is 2.79. The third-order valence-corrected chi connectivity index (χ3v) is 3.28. The Morgan fingerprint density at radius 2 is 1.86 bits per heavy atom. The van der Waals surface area contributed by atoms with Crippen LogP contribution in [0.25, 0.3) is 21.7 Å². The van der Waals surface area contributed by atoms with Crippen LogP contribution in [0.1, 0.15) is 10.4 Å². The van der Waals surface area contributed by atoms with Crippen molar-refractivity contribution in [1.29, 1.82) is 0 Å². The number of ether oxygens (including phenoxy) is 1. The molecule has 0 atom stereocenters. The van der Waals surface area contributed by atoms with Gasteiger partial charge in [-0.3, -0.25) is 0 Å². The van der Waals surface area contributed by atoms with Gasteiger partial charge in [0.1, 0.15) is 17.1 Å². The molecule has 6 nitrogen and oxygen atoms in total. The first-order chi connectivity index (χ1) is 10.0. The molecule has 0 unspecified atom stereocenters. The van der Waals surface area contributed by atoms with Crippen molar-refractivity contribution in [3.05, 3.63) is 46.3 Å². The average molecular weight is 286 g/mol. The first-order valence-electron chi connectivity index (χ1n) is 6.02. The second-order valence-electron chi connectivity index (χ2n) is 4.44. The van der Waals surface area contributed by atoms with Gasteiger partial charge in [0.05, 0.1) is 12.5 Å². The Morgan fingerprint density at radius 1 is 1.14 bits per heavy atom. The van der Waals surface area contributed by atoms with E-state index >= 15 is 0 Å². The maximum absolute atomic E-state index is 12.1. The van der Waals surface area contributed by atoms with Crippen LogP contribution in [-0.4, -0.2) is 23.3 Å². The number of methoxy groups -OCH3 is 1. The lowest BCUT2D eigenvalue weighted by molar-refractivity contribution is 0.0694. The first kappa shape index (κ1) is 13.0. The molecule has 0 fully saturated rings. The van der Waals surface area contributed by atoms with Crippen molar-refractivity contribution >= 4 is 27.7 Å². The van der Waals surface area contributed by atoms with Crippen molar-refractivity contribution in [2.75, 3.05) is 7.11 Å². The van der Waals surface area contributed by atoms with Crippen LogP contribution in [0.15, 0.2) is 39.5 Å². The molecule has 0 aliphatic heterocycles. The van der Waals surface area contributed by atoms with Gasteiger partial charge in [0.2, 0.25) is 0 Å². The molecule has 0 spiro atoms. The third kappa shape index (κ3) is 1.88. The summed E-state index contributed by atoms with van der Waals surface area (Å²) in [5.74, 6) is -1.33. The zero-order valence-electron chi connectivity index (χ0n) is 10.9. The molecule has 0 saturated heterocycles. The second kappa shape index (κ2) is 4.52. The highest BCUT2D eigenvalue weighted by atomic mass is 16.5. The largest absolute Gasteiger partial charge is 0.507 e. The van der Waals surface area contributed by atoms with Crippen LogP contribution >= 0.6 is 0 Å². The summed E-state index contributed by atoms with van der Waals surface area (Å²) in [6.45, 7) is 0. The minimum atomic E-state index is -1.37. The van der Waals surface area contributed by atoms with E-state index in [0.29, 0.717) is 16.5 Å². The molecule has 6 heteroatoms. The fourth-order valence-corrected chi connectivity index (χ4v) is 2.30. The smallest absolute Gasteiger partial charge is 0.344 e. The van der Waals surface area contributed by atoms with E-state index in [2.05, 4.69) is 0 Å². The summed E-state index contributed by atoms with van der Waals surface area (Å²) < 4.78 is 10.2. The highest BCUT2D eigenvalue weighted by Gasteiger charge is 2.19. The van der Waals surface area contributed by atoms with Crippen molar-refractivity contribution < 1.29 is 24.2 Å². The molecule has 2 aromatic carbocycles. The number of benzene rings is 2. The topological polar surface area (TPSA) is 97.0 Å². The molecule has 0 amide bonds. The number of carboxylic acids is 1. The minimum absolute atomic E-state index is 0.148. The molecule has 0 radical (unpaired) electrons. The van der Waals surface area contributed by atoms with E-state index in [1.165, 1.54) is 25.3 Å². The van der Waals surface area contributed by atoms with Crippen molar-refractivity contribution in [3.8, 4) is 11.5 Å². The molecular formula is C15H10O6. The van der Waals surface area contributed by atoms with E-state index in [9.17, 15) is 14.7 Å². The molecule has 0 bridgehead atoms. The van der Waals surface area contributed by atoms with Gasteiger partial charge in [-0.25, -0.2) is 9.59 Å². The van der Waals surface area contributed by atoms with Crippen molar-refractivity contribution in [1.82, 2.24) is 0 Å². The van der Waals surface area contributed by atoms with Crippen molar-refractivity contribution in [3.63, 3.8) is 0 Å². The summed E-state index contributed by atoms with van der Waals surface area (Å²) in [5, 5.41) is 20.1. The van der Waals surface area contributed by atoms with Crippen LogP contribution in [0.5, 0.6) is 11.5 Å². The summed E-state index contributed by atoms with van der Waals surface area (Å²) in [6.07, 6.45) is 0. The van der Waals surface area contributed by atoms with Crippen molar-refractivity contribution in [2.45, 2.75) is 0 Å². The van der Waals surface area contributed by atoms with Gasteiger partial charge in [-0.05, 0) is 30.3 Å². The molecule has 2 N–H and O–H groups in total. The SMILES string of the molecule is COc1ccc2c(c1)c(=O)oc1c(C(=O)O)c(O)ccc12. The minimum Gasteiger partial charge on any atom is -0.507 e. The summed E-state index contributed by atoms with van der Waals surface area (Å²) >= 11 is 0. The van der Waals surface area contributed by atoms with Crippen LogP contribution in [0.3, 0.4) is 0 Å². The molecule has 21 heavy (non-hydrogen) atoms. The number of hydrogen-bond donors (Lipinski definition) is 2. The number of fused-ring (bicyclic) bond motifs is 3. The average Bonchev–Trinajstić information content (AvgIpc) is 2.46. The second-order valence-corrected chi connectivity index (χ2v) is 4.44. The van der Waals surface area contributed by atoms with Gasteiger partial charge in [0.15, 0.2) is 5.58 Å². The van der Waals surface area contributed by atoms with Gasteiger partial charge < -0.3 is 19.4 Å². The lowest BCUT2D eigenvalue weighted by Gasteiger charge is -2.07. The predicted octanol–water partition coefficient (Wildman–Crippen LogP) is 2.36. The van der Waals surface area contributed by atoms with E-state index < -0.39 is 22.9 Å². The molecule has 0 saturated carbocycles. The van der Waals surface area contributed by atoms with Crippen LogP contribution in [0, 0.1) is 0 Å². The number of hydrogen-bond acceptors (Lipinski definition) is 5. The van der Waals surface area contributed by atoms with E-state index in [0.717, 1.165) is 0 Å². The summed E-state index contributed by atoms with van der Waals surface area (Å²) in [7, 11) is 1.48. The number of phenols is 1. The molecule has 1 aromatic heterocycles. The lowest BCUT2D eigenvalue weighted by Crippen LogP contribution is -2.04. The maximum Gasteiger partial charge on any atom is 0.344 e. The Morgan fingerprint density at radius 3 is 2.52 bits per heavy atom. The molecule has 0 aliphatic carbocycles. The van der Waals surface area contributed by atoms with Crippen LogP contribution in [-0.2, 0) is 0 Å². The highest BCUT2D eigenvalue weighted by molar-refractivity contribution is 6.12. The number of carbonyl (C=O) groups is 1. The van der Waals surface area contributed by atoms with Gasteiger partial charge in [0, 0.05) is 10.8 Å². The highest BCUT2D eigenvalue weighted by Crippen LogP contribution is 2.31. The summed E-state index contributed by atoms with van der Waals surface area (Å²) in [5.41, 5.74) is -1.27. The molecule has 3 rings (SSSR count). The fraction of sp³-hybridized carbons (Fsp3) is 0.0667. The molecule has 1 heterocycles. The number of carboxylic acid groups (broad SMARTS) is 1. The van der Waals surface area contributed by atoms with E-state index in [1.54, 1.807) is 12.1 Å². The zero-order chi connectivity index (χ0) is 15.1. The van der Waals surface area contributed by atoms with Crippen LogP contribution < -0.4 is 10.4 Å². The van der Waals surface area contributed by atoms with Crippen LogP contribution in [0.2, 0.25) is 0 Å². The molecule has 106 valence electrons. The Bertz CT molecular complexity index is 938. The standard InChI is InChI=1S/C15H10O6/c1-20-7-2-3-8-9-4-5-11(16)12(14(17)18)13(9)21-15(19)10(8)6-7/h2-6,16H,1H3,(H,17,18). The molecule has 0 aliphatic rings. The predicted molar refractivity (Wildman–Crippen MR) is 75.2 cm³/mol. The molecular weight excluding hydrogens is 276 g/mol. The summed E-state index contributed by atoms with van der Waals surface area (Å²) in [6, 6.07) is 7.60. The number of aromatic carboxylic acids is 1. The third-order valence-electron chi connectivity index (χ3n) is 3.28. The monoisotopic (exact) mass is 286 g/mol. The Balaban J connectivity index is 2.54. The lowest BCUT2D eigenvalue weighted by atomic mass is 10.0. The van der Waals surface area contributed by atoms with Gasteiger partial charge in [-0.2, -0.15) is 0 Å². The number of rotatable bonds is 2. The van der Waals surface area contributed by atoms with Crippen LogP contribution in [0.4, 0.5) is 0 Å². The first-order valence-corrected chi connectivity index (χ1v) is 6.02. The van der Waals surface area contributed by atoms with Crippen molar-refractivity contribution in [2.24, 2.45) is 0 Å². The van der Waals surface area contributed by atoms with Gasteiger partial charge in [-0.1, -0.05) is 0 Å². The van der Waals surface area contributed by atoms with E-state index in [4.69, 9.17) is 14.3 Å². The molecule has 3 aromatic rings. The Labute approximate surface area is 117 Å². The number of aromatic hydroxyl groups is 1. The van der Waals surface area contributed by atoms with Gasteiger partial charge >= 0.3 is 11.6 Å². The van der Waals surface area contributed by atoms with Gasteiger partial charge in [-0.15, -0.1) is 0 Å². The maximum atomic E-state index is 12.1. The fourth-order valence-electron chi connectivity index (χ4n) is 2.30. The van der Waals surface area contributed by atoms with Gasteiger partial charge in [0.25, 0.3) is 0 Å². The summed E-state index contributed by atoms with van der Waals surface area (Å²) in [4.78, 5) is 23.3. The normalized spacial score (nSPS) is 10.9. The Hall–Kier alpha value is -3.02.